The van der Waals surface area contributed by atoms with Gasteiger partial charge >= 0.3 is 0 Å². The fourth-order valence-electron chi connectivity index (χ4n) is 4.14. The predicted molar refractivity (Wildman–Crippen MR) is 127 cm³/mol. The van der Waals surface area contributed by atoms with Crippen molar-refractivity contribution in [3.8, 4) is 0 Å². The Morgan fingerprint density at radius 3 is 1.84 bits per heavy atom. The van der Waals surface area contributed by atoms with Gasteiger partial charge < -0.3 is 24.8 Å². The minimum absolute atomic E-state index is 0.0423. The lowest BCUT2D eigenvalue weighted by Crippen LogP contribution is -2.55. The molecule has 31 heavy (non-hydrogen) atoms. The molecule has 1 heterocycles. The van der Waals surface area contributed by atoms with Crippen LogP contribution in [0.5, 0.6) is 0 Å². The average molecular weight is 443 g/mol. The van der Waals surface area contributed by atoms with Crippen molar-refractivity contribution in [3.05, 3.63) is 12.2 Å². The molecule has 1 saturated heterocycles. The first-order chi connectivity index (χ1) is 15.2. The summed E-state index contributed by atoms with van der Waals surface area (Å²) in [6, 6.07) is 0. The standard InChI is InChI=1S/C26H50O5/c1-2-3-4-5-6-7-8-9-10-11-12-13-14-15-16-17-18-19-20-30-26-24(21-27)31-22-23(28)25(26)29/h11-12,23-29H,2-10,13-22H2,1H3/b12-11+/t23-,24+,25+,26+/m0/s1. The van der Waals surface area contributed by atoms with E-state index in [1.807, 2.05) is 0 Å². The average Bonchev–Trinajstić information content (AvgIpc) is 2.78. The van der Waals surface area contributed by atoms with E-state index in [-0.39, 0.29) is 13.2 Å². The zero-order chi connectivity index (χ0) is 22.6. The molecule has 0 aromatic carbocycles. The quantitative estimate of drug-likeness (QED) is 0.176. The maximum atomic E-state index is 10.0. The predicted octanol–water partition coefficient (Wildman–Crippen LogP) is 5.30. The Balaban J connectivity index is 1.84. The van der Waals surface area contributed by atoms with E-state index in [9.17, 15) is 15.3 Å². The third kappa shape index (κ3) is 14.3. The van der Waals surface area contributed by atoms with E-state index in [1.165, 1.54) is 89.9 Å². The molecule has 0 saturated carbocycles. The Morgan fingerprint density at radius 2 is 1.29 bits per heavy atom. The van der Waals surface area contributed by atoms with Crippen LogP contribution in [0.3, 0.4) is 0 Å². The molecule has 0 bridgehead atoms. The van der Waals surface area contributed by atoms with Gasteiger partial charge in [0, 0.05) is 6.61 Å². The van der Waals surface area contributed by atoms with Gasteiger partial charge in [-0.2, -0.15) is 0 Å². The maximum Gasteiger partial charge on any atom is 0.114 e. The van der Waals surface area contributed by atoms with Crippen LogP contribution in [-0.4, -0.2) is 59.6 Å². The lowest BCUT2D eigenvalue weighted by molar-refractivity contribution is -0.211. The van der Waals surface area contributed by atoms with Gasteiger partial charge in [-0.05, 0) is 32.1 Å². The molecule has 1 fully saturated rings. The van der Waals surface area contributed by atoms with Gasteiger partial charge in [-0.1, -0.05) is 89.7 Å². The van der Waals surface area contributed by atoms with Crippen molar-refractivity contribution in [2.45, 2.75) is 134 Å². The van der Waals surface area contributed by atoms with Crippen molar-refractivity contribution in [1.82, 2.24) is 0 Å². The molecular weight excluding hydrogens is 392 g/mol. The van der Waals surface area contributed by atoms with Crippen LogP contribution in [0, 0.1) is 0 Å². The molecule has 1 aliphatic heterocycles. The molecule has 0 aromatic rings. The normalized spacial score (nSPS) is 24.3. The van der Waals surface area contributed by atoms with Gasteiger partial charge in [-0.15, -0.1) is 0 Å². The zero-order valence-corrected chi connectivity index (χ0v) is 20.1. The maximum absolute atomic E-state index is 10.0. The van der Waals surface area contributed by atoms with Crippen molar-refractivity contribution < 1.29 is 24.8 Å². The van der Waals surface area contributed by atoms with Gasteiger partial charge in [0.1, 0.15) is 24.4 Å². The number of allylic oxidation sites excluding steroid dienone is 2. The first-order valence-electron chi connectivity index (χ1n) is 13.1. The summed E-state index contributed by atoms with van der Waals surface area (Å²) in [4.78, 5) is 0. The molecule has 5 heteroatoms. The van der Waals surface area contributed by atoms with Gasteiger partial charge in [0.2, 0.25) is 0 Å². The molecule has 1 aliphatic rings. The van der Waals surface area contributed by atoms with Gasteiger partial charge in [0.15, 0.2) is 0 Å². The lowest BCUT2D eigenvalue weighted by Gasteiger charge is -2.37. The fourth-order valence-corrected chi connectivity index (χ4v) is 4.14. The second-order valence-electron chi connectivity index (χ2n) is 9.09. The number of ether oxygens (including phenoxy) is 2. The Kier molecular flexibility index (Phi) is 18.6. The molecular formula is C26H50O5. The first-order valence-corrected chi connectivity index (χ1v) is 13.1. The van der Waals surface area contributed by atoms with E-state index in [0.29, 0.717) is 6.61 Å². The third-order valence-corrected chi connectivity index (χ3v) is 6.22. The molecule has 1 rings (SSSR count). The van der Waals surface area contributed by atoms with E-state index in [4.69, 9.17) is 9.47 Å². The molecule has 184 valence electrons. The van der Waals surface area contributed by atoms with Crippen molar-refractivity contribution in [2.24, 2.45) is 0 Å². The van der Waals surface area contributed by atoms with Gasteiger partial charge in [-0.3, -0.25) is 0 Å². The summed E-state index contributed by atoms with van der Waals surface area (Å²) in [6.07, 6.45) is 22.2. The lowest BCUT2D eigenvalue weighted by atomic mass is 10.0. The van der Waals surface area contributed by atoms with Crippen LogP contribution in [0.25, 0.3) is 0 Å². The molecule has 0 aromatic heterocycles. The van der Waals surface area contributed by atoms with Crippen molar-refractivity contribution in [1.29, 1.82) is 0 Å². The van der Waals surface area contributed by atoms with Crippen LogP contribution in [0.2, 0.25) is 0 Å². The molecule has 0 aliphatic carbocycles. The summed E-state index contributed by atoms with van der Waals surface area (Å²) in [5.74, 6) is 0. The molecule has 0 unspecified atom stereocenters. The van der Waals surface area contributed by atoms with Crippen LogP contribution < -0.4 is 0 Å². The Labute approximate surface area is 191 Å². The number of rotatable bonds is 20. The summed E-state index contributed by atoms with van der Waals surface area (Å²) >= 11 is 0. The van der Waals surface area contributed by atoms with Crippen LogP contribution >= 0.6 is 0 Å². The number of hydrogen-bond donors (Lipinski definition) is 3. The van der Waals surface area contributed by atoms with E-state index in [2.05, 4.69) is 19.1 Å². The molecule has 0 spiro atoms. The van der Waals surface area contributed by atoms with E-state index in [0.717, 1.165) is 12.8 Å². The summed E-state index contributed by atoms with van der Waals surface area (Å²) in [6.45, 7) is 2.63. The van der Waals surface area contributed by atoms with E-state index < -0.39 is 24.4 Å². The monoisotopic (exact) mass is 442 g/mol. The van der Waals surface area contributed by atoms with Crippen LogP contribution in [0.15, 0.2) is 12.2 Å². The van der Waals surface area contributed by atoms with Gasteiger partial charge in [-0.25, -0.2) is 0 Å². The highest BCUT2D eigenvalue weighted by Crippen LogP contribution is 2.19. The van der Waals surface area contributed by atoms with E-state index >= 15 is 0 Å². The summed E-state index contributed by atoms with van der Waals surface area (Å²) in [5.41, 5.74) is 0. The minimum atomic E-state index is -0.991. The fraction of sp³-hybridized carbons (Fsp3) is 0.923. The van der Waals surface area contributed by atoms with Gasteiger partial charge in [0.25, 0.3) is 0 Å². The molecule has 3 N–H and O–H groups in total. The Hall–Kier alpha value is -0.460. The highest BCUT2D eigenvalue weighted by molar-refractivity contribution is 4.87. The van der Waals surface area contributed by atoms with Crippen LogP contribution in [0.1, 0.15) is 110 Å². The summed E-state index contributed by atoms with van der Waals surface area (Å²) < 4.78 is 11.0. The second-order valence-corrected chi connectivity index (χ2v) is 9.09. The van der Waals surface area contributed by atoms with Crippen LogP contribution in [0.4, 0.5) is 0 Å². The Bertz CT molecular complexity index is 413. The summed E-state index contributed by atoms with van der Waals surface area (Å²) in [5, 5.41) is 29.0. The van der Waals surface area contributed by atoms with Crippen LogP contribution in [-0.2, 0) is 9.47 Å². The summed E-state index contributed by atoms with van der Waals surface area (Å²) in [7, 11) is 0. The van der Waals surface area contributed by atoms with Crippen molar-refractivity contribution in [3.63, 3.8) is 0 Å². The number of aliphatic hydroxyl groups is 3. The molecule has 0 amide bonds. The molecule has 4 atom stereocenters. The Morgan fingerprint density at radius 1 is 0.774 bits per heavy atom. The topological polar surface area (TPSA) is 79.2 Å². The number of hydrogen-bond acceptors (Lipinski definition) is 5. The van der Waals surface area contributed by atoms with Crippen molar-refractivity contribution >= 4 is 0 Å². The SMILES string of the molecule is CCCCCCCCCC/C=C/CCCCCCCCO[C@H]1[C@H](O)[C@@H](O)CO[C@@H]1CO. The first kappa shape index (κ1) is 28.6. The number of aliphatic hydroxyl groups excluding tert-OH is 3. The largest absolute Gasteiger partial charge is 0.394 e. The van der Waals surface area contributed by atoms with Gasteiger partial charge in [0.05, 0.1) is 13.2 Å². The number of unbranched alkanes of at least 4 members (excludes halogenated alkanes) is 14. The van der Waals surface area contributed by atoms with Crippen molar-refractivity contribution in [2.75, 3.05) is 19.8 Å². The third-order valence-electron chi connectivity index (χ3n) is 6.22. The minimum Gasteiger partial charge on any atom is -0.394 e. The highest BCUT2D eigenvalue weighted by Gasteiger charge is 2.39. The molecule has 0 radical (unpaired) electrons. The smallest absolute Gasteiger partial charge is 0.114 e. The molecule has 5 nitrogen and oxygen atoms in total. The highest BCUT2D eigenvalue weighted by atomic mass is 16.6. The van der Waals surface area contributed by atoms with E-state index in [1.54, 1.807) is 0 Å². The zero-order valence-electron chi connectivity index (χ0n) is 20.1. The second kappa shape index (κ2) is 20.2.